The number of carbonyl (C=O) groups excluding carboxylic acids is 2. The van der Waals surface area contributed by atoms with Crippen molar-refractivity contribution in [1.82, 2.24) is 10.3 Å². The fourth-order valence-corrected chi connectivity index (χ4v) is 2.30. The van der Waals surface area contributed by atoms with Crippen LogP contribution in [0.15, 0.2) is 29.1 Å². The first-order valence-corrected chi connectivity index (χ1v) is 7.45. The normalized spacial score (nSPS) is 10.5. The number of amides is 1. The number of hydrogen-bond donors (Lipinski definition) is 2. The van der Waals surface area contributed by atoms with Crippen LogP contribution in [0.5, 0.6) is 0 Å². The van der Waals surface area contributed by atoms with Gasteiger partial charge in [-0.05, 0) is 36.9 Å². The molecule has 0 aliphatic carbocycles. The lowest BCUT2D eigenvalue weighted by Gasteiger charge is -2.06. The molecule has 2 rings (SSSR count). The molecule has 0 radical (unpaired) electrons. The lowest BCUT2D eigenvalue weighted by molar-refractivity contribution is -0.142. The van der Waals surface area contributed by atoms with Crippen LogP contribution in [0.3, 0.4) is 0 Å². The Hall–Kier alpha value is -2.63. The van der Waals surface area contributed by atoms with E-state index in [0.29, 0.717) is 18.5 Å². The van der Waals surface area contributed by atoms with Crippen LogP contribution in [-0.2, 0) is 20.7 Å². The van der Waals surface area contributed by atoms with Gasteiger partial charge in [0.25, 0.3) is 5.56 Å². The summed E-state index contributed by atoms with van der Waals surface area (Å²) in [6.07, 6.45) is 0.571. The minimum Gasteiger partial charge on any atom is -0.469 e. The molecule has 0 fully saturated rings. The number of aromatic nitrogens is 1. The Labute approximate surface area is 133 Å². The van der Waals surface area contributed by atoms with E-state index in [0.717, 1.165) is 16.5 Å². The lowest BCUT2D eigenvalue weighted by atomic mass is 10.1. The number of aryl methyl sites for hydroxylation is 1. The molecule has 0 bridgehead atoms. The predicted octanol–water partition coefficient (Wildman–Crippen LogP) is 1.45. The maximum atomic E-state index is 12.0. The predicted molar refractivity (Wildman–Crippen MR) is 87.3 cm³/mol. The zero-order chi connectivity index (χ0) is 16.8. The number of rotatable bonds is 6. The van der Waals surface area contributed by atoms with Crippen molar-refractivity contribution >= 4 is 22.8 Å². The van der Waals surface area contributed by atoms with E-state index in [9.17, 15) is 14.4 Å². The van der Waals surface area contributed by atoms with Crippen molar-refractivity contribution in [2.24, 2.45) is 0 Å². The van der Waals surface area contributed by atoms with Gasteiger partial charge in [0.2, 0.25) is 5.91 Å². The van der Waals surface area contributed by atoms with Gasteiger partial charge in [-0.3, -0.25) is 14.4 Å². The molecule has 1 heterocycles. The van der Waals surface area contributed by atoms with Gasteiger partial charge in [0.1, 0.15) is 0 Å². The van der Waals surface area contributed by atoms with Crippen molar-refractivity contribution in [3.8, 4) is 0 Å². The summed E-state index contributed by atoms with van der Waals surface area (Å²) in [5.41, 5.74) is 2.39. The molecule has 2 N–H and O–H groups in total. The second-order valence-corrected chi connectivity index (χ2v) is 5.39. The molecule has 122 valence electrons. The number of esters is 1. The first-order valence-electron chi connectivity index (χ1n) is 7.45. The maximum absolute atomic E-state index is 12.0. The van der Waals surface area contributed by atoms with Crippen LogP contribution < -0.4 is 10.9 Å². The van der Waals surface area contributed by atoms with Crippen molar-refractivity contribution < 1.29 is 14.3 Å². The Balaban J connectivity index is 1.94. The summed E-state index contributed by atoms with van der Waals surface area (Å²) in [6.45, 7) is 2.34. The Kier molecular flexibility index (Phi) is 5.51. The van der Waals surface area contributed by atoms with Gasteiger partial charge in [0.15, 0.2) is 0 Å². The van der Waals surface area contributed by atoms with Crippen LogP contribution in [0, 0.1) is 6.92 Å². The summed E-state index contributed by atoms with van der Waals surface area (Å²) in [5.74, 6) is -0.648. The third kappa shape index (κ3) is 4.67. The van der Waals surface area contributed by atoms with Crippen LogP contribution in [0.2, 0.25) is 0 Å². The molecule has 2 aromatic rings. The lowest BCUT2D eigenvalue weighted by Crippen LogP contribution is -2.27. The highest BCUT2D eigenvalue weighted by molar-refractivity contribution is 5.81. The molecule has 0 spiro atoms. The molecular formula is C17H20N2O4. The number of methoxy groups -OCH3 is 1. The third-order valence-corrected chi connectivity index (χ3v) is 3.58. The average Bonchev–Trinajstić information content (AvgIpc) is 2.53. The van der Waals surface area contributed by atoms with E-state index >= 15 is 0 Å². The molecule has 1 amide bonds. The van der Waals surface area contributed by atoms with Gasteiger partial charge in [-0.2, -0.15) is 0 Å². The summed E-state index contributed by atoms with van der Waals surface area (Å²) in [7, 11) is 1.29. The molecule has 0 saturated heterocycles. The van der Waals surface area contributed by atoms with Crippen molar-refractivity contribution in [3.05, 3.63) is 45.7 Å². The van der Waals surface area contributed by atoms with E-state index in [4.69, 9.17) is 0 Å². The minimum absolute atomic E-state index is 0.0537. The number of ether oxygens (including phenoxy) is 1. The van der Waals surface area contributed by atoms with Gasteiger partial charge < -0.3 is 15.0 Å². The van der Waals surface area contributed by atoms with E-state index in [1.165, 1.54) is 7.11 Å². The van der Waals surface area contributed by atoms with E-state index in [2.05, 4.69) is 15.0 Å². The van der Waals surface area contributed by atoms with Crippen molar-refractivity contribution in [2.45, 2.75) is 26.2 Å². The zero-order valence-corrected chi connectivity index (χ0v) is 13.3. The zero-order valence-electron chi connectivity index (χ0n) is 13.3. The van der Waals surface area contributed by atoms with Gasteiger partial charge in [0, 0.05) is 24.0 Å². The molecule has 0 atom stereocenters. The molecular weight excluding hydrogens is 296 g/mol. The number of hydrogen-bond acceptors (Lipinski definition) is 4. The Morgan fingerprint density at radius 2 is 2.00 bits per heavy atom. The van der Waals surface area contributed by atoms with Crippen molar-refractivity contribution in [2.75, 3.05) is 13.7 Å². The number of aromatic amines is 1. The van der Waals surface area contributed by atoms with E-state index in [1.54, 1.807) is 0 Å². The van der Waals surface area contributed by atoms with Gasteiger partial charge in [-0.1, -0.05) is 11.6 Å². The first-order chi connectivity index (χ1) is 11.0. The van der Waals surface area contributed by atoms with Crippen LogP contribution in [-0.4, -0.2) is 30.5 Å². The Morgan fingerprint density at radius 3 is 2.74 bits per heavy atom. The SMILES string of the molecule is COC(=O)CCC(=O)NCCc1cc2cc(C)ccc2[nH]c1=O. The number of pyridine rings is 1. The highest BCUT2D eigenvalue weighted by Gasteiger charge is 2.07. The van der Waals surface area contributed by atoms with Gasteiger partial charge in [-0.15, -0.1) is 0 Å². The molecule has 6 nitrogen and oxygen atoms in total. The molecule has 0 unspecified atom stereocenters. The van der Waals surface area contributed by atoms with Crippen LogP contribution in [0.25, 0.3) is 10.9 Å². The molecule has 6 heteroatoms. The monoisotopic (exact) mass is 316 g/mol. The average molecular weight is 316 g/mol. The fraction of sp³-hybridized carbons (Fsp3) is 0.353. The van der Waals surface area contributed by atoms with Crippen LogP contribution in [0.4, 0.5) is 0 Å². The van der Waals surface area contributed by atoms with Gasteiger partial charge >= 0.3 is 5.97 Å². The Bertz CT molecular complexity index is 780. The molecule has 0 saturated carbocycles. The molecule has 0 aliphatic heterocycles. The standard InChI is InChI=1S/C17H20N2O4/c1-11-3-4-14-13(9-11)10-12(17(22)19-14)7-8-18-15(20)5-6-16(21)23-2/h3-4,9-10H,5-8H2,1-2H3,(H,18,20)(H,19,22). The molecule has 23 heavy (non-hydrogen) atoms. The van der Waals surface area contributed by atoms with Crippen LogP contribution >= 0.6 is 0 Å². The number of H-pyrrole nitrogens is 1. The summed E-state index contributed by atoms with van der Waals surface area (Å²) < 4.78 is 4.48. The van der Waals surface area contributed by atoms with E-state index in [-0.39, 0.29) is 24.3 Å². The fourth-order valence-electron chi connectivity index (χ4n) is 2.30. The number of benzene rings is 1. The van der Waals surface area contributed by atoms with Gasteiger partial charge in [0.05, 0.1) is 13.5 Å². The number of fused-ring (bicyclic) bond motifs is 1. The van der Waals surface area contributed by atoms with Crippen molar-refractivity contribution in [3.63, 3.8) is 0 Å². The minimum atomic E-state index is -0.415. The summed E-state index contributed by atoms with van der Waals surface area (Å²) in [4.78, 5) is 37.4. The second-order valence-electron chi connectivity index (χ2n) is 5.39. The van der Waals surface area contributed by atoms with E-state index < -0.39 is 5.97 Å². The molecule has 1 aromatic heterocycles. The first kappa shape index (κ1) is 16.7. The summed E-state index contributed by atoms with van der Waals surface area (Å²) in [6, 6.07) is 7.68. The largest absolute Gasteiger partial charge is 0.469 e. The van der Waals surface area contributed by atoms with E-state index in [1.807, 2.05) is 31.2 Å². The topological polar surface area (TPSA) is 88.3 Å². The Morgan fingerprint density at radius 1 is 1.22 bits per heavy atom. The van der Waals surface area contributed by atoms with Gasteiger partial charge in [-0.25, -0.2) is 0 Å². The highest BCUT2D eigenvalue weighted by atomic mass is 16.5. The quantitative estimate of drug-likeness (QED) is 0.790. The molecule has 0 aliphatic rings. The maximum Gasteiger partial charge on any atom is 0.306 e. The van der Waals surface area contributed by atoms with Crippen molar-refractivity contribution in [1.29, 1.82) is 0 Å². The number of carbonyl (C=O) groups is 2. The highest BCUT2D eigenvalue weighted by Crippen LogP contribution is 2.13. The third-order valence-electron chi connectivity index (χ3n) is 3.58. The summed E-state index contributed by atoms with van der Waals surface area (Å²) >= 11 is 0. The van der Waals surface area contributed by atoms with Crippen LogP contribution in [0.1, 0.15) is 24.0 Å². The number of nitrogens with one attached hydrogen (secondary N) is 2. The summed E-state index contributed by atoms with van der Waals surface area (Å²) in [5, 5.41) is 3.67. The smallest absolute Gasteiger partial charge is 0.306 e. The molecule has 1 aromatic carbocycles. The second kappa shape index (κ2) is 7.58.